The highest BCUT2D eigenvalue weighted by Gasteiger charge is 2.41. The van der Waals surface area contributed by atoms with Crippen LogP contribution in [0.4, 0.5) is 5.82 Å². The Morgan fingerprint density at radius 1 is 1.04 bits per heavy atom. The van der Waals surface area contributed by atoms with Crippen molar-refractivity contribution in [3.8, 4) is 0 Å². The van der Waals surface area contributed by atoms with E-state index in [2.05, 4.69) is 32.6 Å². The number of nitrogens with zero attached hydrogens (tertiary/aromatic N) is 4. The molecule has 2 rings (SSSR count). The van der Waals surface area contributed by atoms with Gasteiger partial charge in [-0.3, -0.25) is 13.6 Å². The van der Waals surface area contributed by atoms with Crippen molar-refractivity contribution in [2.24, 2.45) is 0 Å². The maximum Gasteiger partial charge on any atom is 0.490 e. The second-order valence-electron chi connectivity index (χ2n) is 4.77. The fraction of sp³-hybridized carbons (Fsp3) is 0.444. The van der Waals surface area contributed by atoms with Crippen molar-refractivity contribution in [2.45, 2.75) is 6.73 Å². The van der Waals surface area contributed by atoms with E-state index in [-0.39, 0.29) is 19.2 Å². The molecule has 0 amide bonds. The maximum absolute atomic E-state index is 11.6. The van der Waals surface area contributed by atoms with E-state index >= 15 is 0 Å². The molecule has 0 saturated heterocycles. The van der Waals surface area contributed by atoms with Gasteiger partial charge < -0.3 is 25.2 Å². The third kappa shape index (κ3) is 6.65. The second-order valence-corrected chi connectivity index (χ2v) is 9.51. The molecular formula is C9H16N5O11P3. The van der Waals surface area contributed by atoms with Gasteiger partial charge in [-0.25, -0.2) is 28.6 Å². The van der Waals surface area contributed by atoms with E-state index in [9.17, 15) is 23.5 Å². The summed E-state index contributed by atoms with van der Waals surface area (Å²) in [4.78, 5) is 39.2. The van der Waals surface area contributed by atoms with Crippen molar-refractivity contribution >= 4 is 40.4 Å². The van der Waals surface area contributed by atoms with E-state index in [1.807, 2.05) is 0 Å². The molecule has 0 aliphatic carbocycles. The van der Waals surface area contributed by atoms with Crippen LogP contribution in [0.15, 0.2) is 12.7 Å². The standard InChI is InChI=1S/C9H16N5O11P3/c1-21-26(15,16)24-28(19,20)25-27(17,18)23-3-2-22-6-14-5-13-7-8(10)11-4-12-9(7)14/h4-5H,2-3,6H2,1H3,(H,15,16)(H,17,18)(H,19,20)(H2,10,11,12). The van der Waals surface area contributed by atoms with Gasteiger partial charge in [-0.15, -0.1) is 0 Å². The number of hydrogen-bond donors (Lipinski definition) is 4. The van der Waals surface area contributed by atoms with Gasteiger partial charge in [0.25, 0.3) is 0 Å². The van der Waals surface area contributed by atoms with Gasteiger partial charge in [-0.1, -0.05) is 0 Å². The number of phosphoric ester groups is 2. The van der Waals surface area contributed by atoms with Gasteiger partial charge in [0.15, 0.2) is 11.5 Å². The van der Waals surface area contributed by atoms with E-state index in [0.29, 0.717) is 18.3 Å². The minimum Gasteiger partial charge on any atom is -0.382 e. The SMILES string of the molecule is COP(=O)(O)OP(=O)(O)OP(=O)(O)OCCOCn1cnc2c(N)ncnc21. The Hall–Kier alpha value is -1.28. The number of nitrogen functional groups attached to an aromatic ring is 1. The highest BCUT2D eigenvalue weighted by Crippen LogP contribution is 2.67. The van der Waals surface area contributed by atoms with Crippen molar-refractivity contribution in [1.29, 1.82) is 0 Å². The van der Waals surface area contributed by atoms with Gasteiger partial charge >= 0.3 is 23.5 Å². The van der Waals surface area contributed by atoms with Crippen LogP contribution >= 0.6 is 23.5 Å². The molecule has 19 heteroatoms. The zero-order valence-corrected chi connectivity index (χ0v) is 16.8. The van der Waals surface area contributed by atoms with E-state index in [0.717, 1.165) is 0 Å². The van der Waals surface area contributed by atoms with Crippen LogP contribution in [-0.2, 0) is 42.8 Å². The number of anilines is 1. The monoisotopic (exact) mass is 463 g/mol. The molecule has 5 N–H and O–H groups in total. The Morgan fingerprint density at radius 2 is 1.71 bits per heavy atom. The quantitative estimate of drug-likeness (QED) is 0.261. The molecule has 0 spiro atoms. The number of nitrogens with two attached hydrogens (primary N) is 1. The van der Waals surface area contributed by atoms with Crippen molar-refractivity contribution < 1.29 is 50.8 Å². The van der Waals surface area contributed by atoms with Gasteiger partial charge in [0.1, 0.15) is 18.6 Å². The predicted octanol–water partition coefficient (Wildman–Crippen LogP) is 0.380. The summed E-state index contributed by atoms with van der Waals surface area (Å²) in [5.41, 5.74) is 6.40. The highest BCUT2D eigenvalue weighted by molar-refractivity contribution is 7.66. The third-order valence-electron chi connectivity index (χ3n) is 2.79. The lowest BCUT2D eigenvalue weighted by atomic mass is 10.5. The smallest absolute Gasteiger partial charge is 0.382 e. The normalized spacial score (nSPS) is 18.4. The first-order chi connectivity index (χ1) is 12.9. The largest absolute Gasteiger partial charge is 0.490 e. The molecule has 0 aliphatic heterocycles. The first kappa shape index (κ1) is 23.0. The molecule has 0 saturated carbocycles. The summed E-state index contributed by atoms with van der Waals surface area (Å²) >= 11 is 0. The van der Waals surface area contributed by atoms with E-state index < -0.39 is 30.1 Å². The number of aromatic nitrogens is 4. The Kier molecular flexibility index (Phi) is 7.42. The van der Waals surface area contributed by atoms with Crippen LogP contribution in [0.3, 0.4) is 0 Å². The lowest BCUT2D eigenvalue weighted by Gasteiger charge is -2.17. The average Bonchev–Trinajstić information content (AvgIpc) is 2.97. The number of hydrogen-bond acceptors (Lipinski definition) is 12. The van der Waals surface area contributed by atoms with E-state index in [1.54, 1.807) is 0 Å². The molecule has 0 aliphatic rings. The lowest BCUT2D eigenvalue weighted by Crippen LogP contribution is -2.08. The fourth-order valence-corrected chi connectivity index (χ4v) is 4.93. The van der Waals surface area contributed by atoms with E-state index in [4.69, 9.17) is 15.4 Å². The number of fused-ring (bicyclic) bond motifs is 1. The summed E-state index contributed by atoms with van der Waals surface area (Å²) in [6.07, 6.45) is 2.63. The summed E-state index contributed by atoms with van der Waals surface area (Å²) < 4.78 is 56.6. The molecule has 2 aromatic rings. The first-order valence-corrected chi connectivity index (χ1v) is 11.5. The van der Waals surface area contributed by atoms with E-state index in [1.165, 1.54) is 17.2 Å². The van der Waals surface area contributed by atoms with Gasteiger partial charge in [0.05, 0.1) is 19.5 Å². The molecular weight excluding hydrogens is 447 g/mol. The predicted molar refractivity (Wildman–Crippen MR) is 90.3 cm³/mol. The molecule has 28 heavy (non-hydrogen) atoms. The molecule has 0 fully saturated rings. The molecule has 0 radical (unpaired) electrons. The van der Waals surface area contributed by atoms with Gasteiger partial charge in [0, 0.05) is 7.11 Å². The number of phosphoric acid groups is 3. The van der Waals surface area contributed by atoms with Gasteiger partial charge in [0.2, 0.25) is 0 Å². The molecule has 3 atom stereocenters. The third-order valence-corrected chi connectivity index (χ3v) is 7.06. The van der Waals surface area contributed by atoms with Crippen molar-refractivity contribution in [3.05, 3.63) is 12.7 Å². The van der Waals surface area contributed by atoms with Crippen molar-refractivity contribution in [3.63, 3.8) is 0 Å². The molecule has 0 aromatic carbocycles. The minimum absolute atomic E-state index is 0.0734. The molecule has 16 nitrogen and oxygen atoms in total. The van der Waals surface area contributed by atoms with Crippen LogP contribution in [0.25, 0.3) is 11.2 Å². The van der Waals surface area contributed by atoms with Crippen molar-refractivity contribution in [1.82, 2.24) is 19.5 Å². The van der Waals surface area contributed by atoms with Crippen molar-refractivity contribution in [2.75, 3.05) is 26.1 Å². The van der Waals surface area contributed by atoms with Gasteiger partial charge in [-0.05, 0) is 0 Å². The van der Waals surface area contributed by atoms with Crippen LogP contribution in [0.2, 0.25) is 0 Å². The number of imidazole rings is 1. The maximum atomic E-state index is 11.6. The minimum atomic E-state index is -5.43. The summed E-state index contributed by atoms with van der Waals surface area (Å²) in [5.74, 6) is 0.182. The van der Waals surface area contributed by atoms with Crippen LogP contribution in [-0.4, -0.2) is 54.5 Å². The molecule has 158 valence electrons. The highest BCUT2D eigenvalue weighted by atomic mass is 31.3. The molecule has 2 aromatic heterocycles. The number of ether oxygens (including phenoxy) is 1. The zero-order valence-electron chi connectivity index (χ0n) is 14.1. The fourth-order valence-electron chi connectivity index (χ4n) is 1.70. The summed E-state index contributed by atoms with van der Waals surface area (Å²) in [5, 5.41) is 0. The average molecular weight is 463 g/mol. The van der Waals surface area contributed by atoms with Crippen LogP contribution in [0.5, 0.6) is 0 Å². The Morgan fingerprint density at radius 3 is 2.39 bits per heavy atom. The summed E-state index contributed by atoms with van der Waals surface area (Å²) in [6, 6.07) is 0. The Labute approximate surface area is 157 Å². The molecule has 0 bridgehead atoms. The zero-order chi connectivity index (χ0) is 21.0. The van der Waals surface area contributed by atoms with Crippen LogP contribution in [0, 0.1) is 0 Å². The molecule has 3 unspecified atom stereocenters. The van der Waals surface area contributed by atoms with Gasteiger partial charge in [-0.2, -0.15) is 8.62 Å². The Bertz CT molecular complexity index is 966. The first-order valence-electron chi connectivity index (χ1n) is 7.05. The Balaban J connectivity index is 1.80. The second kappa shape index (κ2) is 9.03. The number of rotatable bonds is 11. The topological polar surface area (TPSA) is 228 Å². The molecule has 2 heterocycles. The summed E-state index contributed by atoms with van der Waals surface area (Å²) in [7, 11) is -14.8. The summed E-state index contributed by atoms with van der Waals surface area (Å²) in [6.45, 7) is -0.865. The van der Waals surface area contributed by atoms with Crippen LogP contribution < -0.4 is 5.73 Å². The van der Waals surface area contributed by atoms with Crippen LogP contribution in [0.1, 0.15) is 0 Å². The lowest BCUT2D eigenvalue weighted by molar-refractivity contribution is 0.0470.